The van der Waals surface area contributed by atoms with Crippen LogP contribution in [-0.2, 0) is 9.53 Å². The summed E-state index contributed by atoms with van der Waals surface area (Å²) in [6.07, 6.45) is 1.92. The van der Waals surface area contributed by atoms with E-state index in [0.717, 1.165) is 24.1 Å². The summed E-state index contributed by atoms with van der Waals surface area (Å²) in [6, 6.07) is 7.56. The molecule has 2 rings (SSSR count). The van der Waals surface area contributed by atoms with Crippen LogP contribution in [-0.4, -0.2) is 30.8 Å². The minimum atomic E-state index is -0.481. The van der Waals surface area contributed by atoms with Crippen LogP contribution in [0.25, 0.3) is 0 Å². The monoisotopic (exact) mass is 263 g/mol. The second kappa shape index (κ2) is 6.68. The third-order valence-corrected chi connectivity index (χ3v) is 3.32. The van der Waals surface area contributed by atoms with Crippen LogP contribution in [0.5, 0.6) is 0 Å². The SMILES string of the molecule is CCCOCC(=O)N1CCCC(O)c2ccccc21. The molecule has 104 valence electrons. The number of ether oxygens (including phenoxy) is 1. The Morgan fingerprint density at radius 1 is 1.47 bits per heavy atom. The number of hydrogen-bond acceptors (Lipinski definition) is 3. The van der Waals surface area contributed by atoms with Crippen molar-refractivity contribution in [2.45, 2.75) is 32.3 Å². The van der Waals surface area contributed by atoms with E-state index in [0.29, 0.717) is 19.6 Å². The third-order valence-electron chi connectivity index (χ3n) is 3.32. The highest BCUT2D eigenvalue weighted by atomic mass is 16.5. The van der Waals surface area contributed by atoms with Gasteiger partial charge in [-0.15, -0.1) is 0 Å². The average molecular weight is 263 g/mol. The van der Waals surface area contributed by atoms with E-state index in [4.69, 9.17) is 4.74 Å². The number of nitrogens with zero attached hydrogens (tertiary/aromatic N) is 1. The molecule has 4 heteroatoms. The van der Waals surface area contributed by atoms with Crippen LogP contribution in [0.15, 0.2) is 24.3 Å². The summed E-state index contributed by atoms with van der Waals surface area (Å²) in [5.41, 5.74) is 1.65. The number of fused-ring (bicyclic) bond motifs is 1. The van der Waals surface area contributed by atoms with Crippen molar-refractivity contribution in [2.24, 2.45) is 0 Å². The maximum absolute atomic E-state index is 12.2. The molecule has 0 aliphatic carbocycles. The number of aliphatic hydroxyl groups excluding tert-OH is 1. The molecule has 1 aliphatic rings. The zero-order chi connectivity index (χ0) is 13.7. The number of para-hydroxylation sites is 1. The van der Waals surface area contributed by atoms with Gasteiger partial charge in [0.1, 0.15) is 6.61 Å². The maximum atomic E-state index is 12.2. The van der Waals surface area contributed by atoms with Crippen molar-refractivity contribution >= 4 is 11.6 Å². The molecule has 1 atom stereocenters. The Morgan fingerprint density at radius 3 is 3.05 bits per heavy atom. The van der Waals surface area contributed by atoms with Crippen LogP contribution in [0, 0.1) is 0 Å². The Morgan fingerprint density at radius 2 is 2.26 bits per heavy atom. The lowest BCUT2D eigenvalue weighted by molar-refractivity contribution is -0.123. The molecule has 1 amide bonds. The van der Waals surface area contributed by atoms with Crippen LogP contribution < -0.4 is 4.90 Å². The quantitative estimate of drug-likeness (QED) is 0.848. The molecule has 0 radical (unpaired) electrons. The summed E-state index contributed by atoms with van der Waals surface area (Å²) in [5.74, 6) is -0.0324. The first kappa shape index (κ1) is 14.0. The normalized spacial score (nSPS) is 18.8. The molecule has 1 heterocycles. The molecule has 0 fully saturated rings. The molecule has 4 nitrogen and oxygen atoms in total. The Hall–Kier alpha value is -1.39. The molecule has 0 saturated heterocycles. The Labute approximate surface area is 114 Å². The molecular formula is C15H21NO3. The van der Waals surface area contributed by atoms with Gasteiger partial charge in [0.05, 0.1) is 6.10 Å². The van der Waals surface area contributed by atoms with Crippen LogP contribution in [0.2, 0.25) is 0 Å². The van der Waals surface area contributed by atoms with Gasteiger partial charge in [0, 0.05) is 24.4 Å². The van der Waals surface area contributed by atoms with Gasteiger partial charge in [-0.25, -0.2) is 0 Å². The molecule has 0 bridgehead atoms. The molecule has 1 aliphatic heterocycles. The predicted octanol–water partition coefficient (Wildman–Crippen LogP) is 2.27. The molecule has 1 aromatic carbocycles. The Bertz CT molecular complexity index is 433. The molecule has 0 spiro atoms. The second-order valence-corrected chi connectivity index (χ2v) is 4.81. The third kappa shape index (κ3) is 3.33. The van der Waals surface area contributed by atoms with Gasteiger partial charge in [-0.1, -0.05) is 25.1 Å². The van der Waals surface area contributed by atoms with Crippen molar-refractivity contribution in [3.05, 3.63) is 29.8 Å². The number of hydrogen-bond donors (Lipinski definition) is 1. The van der Waals surface area contributed by atoms with Gasteiger partial charge in [0.25, 0.3) is 5.91 Å². The van der Waals surface area contributed by atoms with Crippen molar-refractivity contribution in [1.82, 2.24) is 0 Å². The summed E-state index contributed by atoms with van der Waals surface area (Å²) in [4.78, 5) is 14.0. The van der Waals surface area contributed by atoms with Gasteiger partial charge in [0.2, 0.25) is 0 Å². The first-order valence-corrected chi connectivity index (χ1v) is 6.89. The van der Waals surface area contributed by atoms with E-state index in [1.165, 1.54) is 0 Å². The standard InChI is InChI=1S/C15H21NO3/c1-2-10-19-11-15(18)16-9-5-8-14(17)12-6-3-4-7-13(12)16/h3-4,6-7,14,17H,2,5,8-11H2,1H3. The number of rotatable bonds is 4. The van der Waals surface area contributed by atoms with Crippen LogP contribution >= 0.6 is 0 Å². The van der Waals surface area contributed by atoms with Crippen LogP contribution in [0.1, 0.15) is 37.9 Å². The summed E-state index contributed by atoms with van der Waals surface area (Å²) in [6.45, 7) is 3.37. The number of carbonyl (C=O) groups is 1. The molecule has 0 aromatic heterocycles. The lowest BCUT2D eigenvalue weighted by Gasteiger charge is -2.23. The van der Waals surface area contributed by atoms with E-state index in [9.17, 15) is 9.90 Å². The predicted molar refractivity (Wildman–Crippen MR) is 74.1 cm³/mol. The van der Waals surface area contributed by atoms with E-state index in [-0.39, 0.29) is 12.5 Å². The fraction of sp³-hybridized carbons (Fsp3) is 0.533. The molecule has 1 unspecified atom stereocenters. The topological polar surface area (TPSA) is 49.8 Å². The van der Waals surface area contributed by atoms with Crippen molar-refractivity contribution < 1.29 is 14.6 Å². The van der Waals surface area contributed by atoms with Crippen molar-refractivity contribution in [2.75, 3.05) is 24.7 Å². The number of amides is 1. The Kier molecular flexibility index (Phi) is 4.93. The molecule has 1 N–H and O–H groups in total. The zero-order valence-electron chi connectivity index (χ0n) is 11.3. The van der Waals surface area contributed by atoms with Gasteiger partial charge in [-0.3, -0.25) is 4.79 Å². The van der Waals surface area contributed by atoms with E-state index >= 15 is 0 Å². The summed E-state index contributed by atoms with van der Waals surface area (Å²) in [5, 5.41) is 10.1. The van der Waals surface area contributed by atoms with Crippen LogP contribution in [0.3, 0.4) is 0 Å². The number of anilines is 1. The number of aliphatic hydroxyl groups is 1. The Balaban J connectivity index is 2.16. The van der Waals surface area contributed by atoms with Gasteiger partial charge >= 0.3 is 0 Å². The summed E-state index contributed by atoms with van der Waals surface area (Å²) in [7, 11) is 0. The van der Waals surface area contributed by atoms with E-state index in [1.54, 1.807) is 4.90 Å². The summed E-state index contributed by atoms with van der Waals surface area (Å²) >= 11 is 0. The first-order valence-electron chi connectivity index (χ1n) is 6.89. The van der Waals surface area contributed by atoms with Gasteiger partial charge in [-0.2, -0.15) is 0 Å². The highest BCUT2D eigenvalue weighted by Gasteiger charge is 2.24. The smallest absolute Gasteiger partial charge is 0.252 e. The number of carbonyl (C=O) groups excluding carboxylic acids is 1. The molecule has 1 aromatic rings. The minimum absolute atomic E-state index is 0.0324. The summed E-state index contributed by atoms with van der Waals surface area (Å²) < 4.78 is 5.33. The average Bonchev–Trinajstić information content (AvgIpc) is 2.59. The lowest BCUT2D eigenvalue weighted by atomic mass is 10.0. The fourth-order valence-corrected chi connectivity index (χ4v) is 2.37. The largest absolute Gasteiger partial charge is 0.388 e. The minimum Gasteiger partial charge on any atom is -0.388 e. The zero-order valence-corrected chi connectivity index (χ0v) is 11.3. The van der Waals surface area contributed by atoms with Gasteiger partial charge < -0.3 is 14.7 Å². The van der Waals surface area contributed by atoms with Crippen molar-refractivity contribution in [1.29, 1.82) is 0 Å². The molecule has 0 saturated carbocycles. The van der Waals surface area contributed by atoms with E-state index in [2.05, 4.69) is 0 Å². The molecule has 19 heavy (non-hydrogen) atoms. The fourth-order valence-electron chi connectivity index (χ4n) is 2.37. The van der Waals surface area contributed by atoms with Gasteiger partial charge in [-0.05, 0) is 25.3 Å². The van der Waals surface area contributed by atoms with Crippen molar-refractivity contribution in [3.63, 3.8) is 0 Å². The van der Waals surface area contributed by atoms with E-state index < -0.39 is 6.10 Å². The lowest BCUT2D eigenvalue weighted by Crippen LogP contribution is -2.34. The van der Waals surface area contributed by atoms with Gasteiger partial charge in [0.15, 0.2) is 0 Å². The van der Waals surface area contributed by atoms with E-state index in [1.807, 2.05) is 31.2 Å². The highest BCUT2D eigenvalue weighted by molar-refractivity contribution is 5.95. The highest BCUT2D eigenvalue weighted by Crippen LogP contribution is 2.32. The van der Waals surface area contributed by atoms with Crippen molar-refractivity contribution in [3.8, 4) is 0 Å². The second-order valence-electron chi connectivity index (χ2n) is 4.81. The maximum Gasteiger partial charge on any atom is 0.252 e. The first-order chi connectivity index (χ1) is 9.24. The molecular weight excluding hydrogens is 242 g/mol. The van der Waals surface area contributed by atoms with Crippen LogP contribution in [0.4, 0.5) is 5.69 Å². The number of benzene rings is 1.